The van der Waals surface area contributed by atoms with E-state index < -0.39 is 23.0 Å². The zero-order valence-electron chi connectivity index (χ0n) is 10.6. The van der Waals surface area contributed by atoms with Crippen molar-refractivity contribution in [1.29, 1.82) is 0 Å². The van der Waals surface area contributed by atoms with Crippen molar-refractivity contribution in [2.75, 3.05) is 0 Å². The van der Waals surface area contributed by atoms with Crippen LogP contribution in [-0.4, -0.2) is 15.3 Å². The number of fused-ring (bicyclic) bond motifs is 4. The number of nitrogens with zero attached hydrogens (tertiary/aromatic N) is 2. The standard InChI is InChI=1S/C15H7F2N2O2/c16-7-4-5-11-9(6-7)13(20)14-18-12-8(15(21)19(11)14)2-1-3-10(12)17/h1,3-6H,2H2. The van der Waals surface area contributed by atoms with Gasteiger partial charge in [-0.25, -0.2) is 13.8 Å². The lowest BCUT2D eigenvalue weighted by Gasteiger charge is -2.13. The van der Waals surface area contributed by atoms with Crippen molar-refractivity contribution in [3.05, 3.63) is 69.5 Å². The monoisotopic (exact) mass is 285 g/mol. The van der Waals surface area contributed by atoms with Gasteiger partial charge in [-0.3, -0.25) is 14.2 Å². The molecule has 0 atom stereocenters. The summed E-state index contributed by atoms with van der Waals surface area (Å²) in [7, 11) is 0. The van der Waals surface area contributed by atoms with Crippen LogP contribution >= 0.6 is 0 Å². The molecular weight excluding hydrogens is 278 g/mol. The first-order valence-corrected chi connectivity index (χ1v) is 6.28. The molecule has 0 unspecified atom stereocenters. The molecule has 1 aliphatic carbocycles. The van der Waals surface area contributed by atoms with E-state index in [0.29, 0.717) is 0 Å². The summed E-state index contributed by atoms with van der Waals surface area (Å²) in [5.41, 5.74) is -0.0470. The number of aromatic nitrogens is 2. The van der Waals surface area contributed by atoms with E-state index in [1.54, 1.807) is 0 Å². The van der Waals surface area contributed by atoms with Crippen molar-refractivity contribution in [2.45, 2.75) is 6.42 Å². The number of rotatable bonds is 0. The van der Waals surface area contributed by atoms with Gasteiger partial charge in [-0.1, -0.05) is 0 Å². The number of hydrogen-bond acceptors (Lipinski definition) is 3. The maximum Gasteiger partial charge on any atom is 0.262 e. The highest BCUT2D eigenvalue weighted by molar-refractivity contribution is 6.12. The Bertz CT molecular complexity index is 913. The van der Waals surface area contributed by atoms with Crippen molar-refractivity contribution < 1.29 is 13.6 Å². The Labute approximate surface area is 117 Å². The fraction of sp³-hybridized carbons (Fsp3) is 0.0667. The van der Waals surface area contributed by atoms with E-state index in [9.17, 15) is 18.4 Å². The SMILES string of the molecule is O=C1c2cc(F)ccc2-n2c1nc1c(c2=O)C[CH]C=C1F. The molecule has 0 spiro atoms. The number of ketones is 1. The number of carbonyl (C=O) groups excluding carboxylic acids is 1. The van der Waals surface area contributed by atoms with Gasteiger partial charge in [-0.2, -0.15) is 0 Å². The van der Waals surface area contributed by atoms with Crippen LogP contribution in [0.4, 0.5) is 8.78 Å². The minimum Gasteiger partial charge on any atom is -0.285 e. The molecule has 1 aliphatic heterocycles. The fourth-order valence-corrected chi connectivity index (χ4v) is 2.68. The number of hydrogen-bond donors (Lipinski definition) is 0. The summed E-state index contributed by atoms with van der Waals surface area (Å²) in [5.74, 6) is -1.98. The Kier molecular flexibility index (Phi) is 2.28. The van der Waals surface area contributed by atoms with Gasteiger partial charge in [-0.15, -0.1) is 0 Å². The normalized spacial score (nSPS) is 15.3. The number of halogens is 2. The van der Waals surface area contributed by atoms with Crippen LogP contribution in [-0.2, 0) is 6.42 Å². The Morgan fingerprint density at radius 3 is 2.81 bits per heavy atom. The smallest absolute Gasteiger partial charge is 0.262 e. The quantitative estimate of drug-likeness (QED) is 0.634. The van der Waals surface area contributed by atoms with E-state index in [1.165, 1.54) is 24.6 Å². The molecular formula is C15H7F2N2O2. The van der Waals surface area contributed by atoms with Crippen molar-refractivity contribution >= 4 is 11.6 Å². The molecule has 1 aromatic heterocycles. The van der Waals surface area contributed by atoms with E-state index in [-0.39, 0.29) is 34.8 Å². The largest absolute Gasteiger partial charge is 0.285 e. The van der Waals surface area contributed by atoms with Crippen molar-refractivity contribution in [1.82, 2.24) is 9.55 Å². The molecule has 103 valence electrons. The minimum atomic E-state index is -0.647. The molecule has 1 radical (unpaired) electrons. The molecule has 2 heterocycles. The number of carbonyl (C=O) groups is 1. The third-order valence-corrected chi connectivity index (χ3v) is 3.64. The van der Waals surface area contributed by atoms with E-state index in [0.717, 1.165) is 10.6 Å². The van der Waals surface area contributed by atoms with Crippen LogP contribution < -0.4 is 5.56 Å². The third kappa shape index (κ3) is 1.50. The second-order valence-electron chi connectivity index (χ2n) is 4.85. The van der Waals surface area contributed by atoms with Crippen LogP contribution in [0.1, 0.15) is 27.4 Å². The van der Waals surface area contributed by atoms with Crippen LogP contribution in [0.3, 0.4) is 0 Å². The van der Waals surface area contributed by atoms with E-state index in [1.807, 2.05) is 0 Å². The summed E-state index contributed by atoms with van der Waals surface area (Å²) in [4.78, 5) is 28.7. The third-order valence-electron chi connectivity index (χ3n) is 3.64. The summed E-state index contributed by atoms with van der Waals surface area (Å²) in [5, 5.41) is 0. The zero-order chi connectivity index (χ0) is 14.7. The summed E-state index contributed by atoms with van der Waals surface area (Å²) in [6.45, 7) is 0. The second-order valence-corrected chi connectivity index (χ2v) is 4.85. The molecule has 6 heteroatoms. The average molecular weight is 285 g/mol. The molecule has 21 heavy (non-hydrogen) atoms. The molecule has 0 saturated heterocycles. The summed E-state index contributed by atoms with van der Waals surface area (Å²) >= 11 is 0. The van der Waals surface area contributed by atoms with Gasteiger partial charge in [0.25, 0.3) is 5.56 Å². The minimum absolute atomic E-state index is 0.0651. The second kappa shape index (κ2) is 3.94. The highest BCUT2D eigenvalue weighted by atomic mass is 19.1. The summed E-state index contributed by atoms with van der Waals surface area (Å²) < 4.78 is 28.2. The van der Waals surface area contributed by atoms with Crippen molar-refractivity contribution in [3.8, 4) is 5.69 Å². The molecule has 4 nitrogen and oxygen atoms in total. The Balaban J connectivity index is 2.10. The Morgan fingerprint density at radius 1 is 1.19 bits per heavy atom. The summed E-state index contributed by atoms with van der Waals surface area (Å²) in [6.07, 6.45) is 2.99. The van der Waals surface area contributed by atoms with Crippen LogP contribution in [0.5, 0.6) is 0 Å². The first-order chi connectivity index (χ1) is 10.1. The zero-order valence-corrected chi connectivity index (χ0v) is 10.6. The topological polar surface area (TPSA) is 52.0 Å². The van der Waals surface area contributed by atoms with Crippen LogP contribution in [0, 0.1) is 12.2 Å². The van der Waals surface area contributed by atoms with Gasteiger partial charge < -0.3 is 0 Å². The molecule has 2 aromatic rings. The van der Waals surface area contributed by atoms with Crippen molar-refractivity contribution in [2.24, 2.45) is 0 Å². The highest BCUT2D eigenvalue weighted by Gasteiger charge is 2.33. The average Bonchev–Trinajstić information content (AvgIpc) is 2.74. The predicted molar refractivity (Wildman–Crippen MR) is 70.3 cm³/mol. The molecule has 2 aliphatic rings. The van der Waals surface area contributed by atoms with E-state index in [2.05, 4.69) is 4.98 Å². The van der Waals surface area contributed by atoms with E-state index >= 15 is 0 Å². The van der Waals surface area contributed by atoms with Gasteiger partial charge in [0.15, 0.2) is 5.82 Å². The van der Waals surface area contributed by atoms with Crippen molar-refractivity contribution in [3.63, 3.8) is 0 Å². The summed E-state index contributed by atoms with van der Waals surface area (Å²) in [6, 6.07) is 3.58. The molecule has 1 aromatic carbocycles. The molecule has 0 N–H and O–H groups in total. The van der Waals surface area contributed by atoms with Crippen LogP contribution in [0.25, 0.3) is 11.5 Å². The predicted octanol–water partition coefficient (Wildman–Crippen LogP) is 1.99. The Morgan fingerprint density at radius 2 is 2.00 bits per heavy atom. The first-order valence-electron chi connectivity index (χ1n) is 6.28. The lowest BCUT2D eigenvalue weighted by Crippen LogP contribution is -2.28. The van der Waals surface area contributed by atoms with Gasteiger partial charge in [0, 0.05) is 5.56 Å². The maximum absolute atomic E-state index is 13.8. The molecule has 4 rings (SSSR count). The van der Waals surface area contributed by atoms with Gasteiger partial charge in [0.1, 0.15) is 17.3 Å². The van der Waals surface area contributed by atoms with Crippen LogP contribution in [0.15, 0.2) is 29.1 Å². The molecule has 0 bridgehead atoms. The number of benzene rings is 1. The van der Waals surface area contributed by atoms with Gasteiger partial charge in [-0.05, 0) is 37.1 Å². The lowest BCUT2D eigenvalue weighted by molar-refractivity contribution is 0.103. The maximum atomic E-state index is 13.8. The van der Waals surface area contributed by atoms with Gasteiger partial charge in [0.2, 0.25) is 5.78 Å². The first kappa shape index (κ1) is 12.1. The highest BCUT2D eigenvalue weighted by Crippen LogP contribution is 2.29. The van der Waals surface area contributed by atoms with Gasteiger partial charge in [0.05, 0.1) is 11.3 Å². The fourth-order valence-electron chi connectivity index (χ4n) is 2.68. The lowest BCUT2D eigenvalue weighted by atomic mass is 10.0. The number of allylic oxidation sites excluding steroid dienone is 1. The van der Waals surface area contributed by atoms with E-state index in [4.69, 9.17) is 0 Å². The van der Waals surface area contributed by atoms with Gasteiger partial charge >= 0.3 is 0 Å². The molecule has 0 amide bonds. The Hall–Kier alpha value is -2.63. The molecule has 0 saturated carbocycles. The molecule has 0 fully saturated rings. The van der Waals surface area contributed by atoms with Crippen LogP contribution in [0.2, 0.25) is 0 Å².